The summed E-state index contributed by atoms with van der Waals surface area (Å²) in [6, 6.07) is 16.6. The molecule has 108 valence electrons. The number of carbonyl (C=O) groups is 2. The third-order valence-corrected chi connectivity index (χ3v) is 3.09. The number of nitrogens with one attached hydrogen (secondary N) is 2. The van der Waals surface area contributed by atoms with E-state index in [9.17, 15) is 9.59 Å². The Kier molecular flexibility index (Phi) is 4.72. The second kappa shape index (κ2) is 6.70. The molecule has 2 aromatic rings. The van der Waals surface area contributed by atoms with Crippen molar-refractivity contribution in [3.63, 3.8) is 0 Å². The number of rotatable bonds is 4. The molecule has 4 heteroatoms. The molecule has 0 aliphatic carbocycles. The van der Waals surface area contributed by atoms with E-state index in [1.807, 2.05) is 37.3 Å². The molecule has 0 aliphatic rings. The van der Waals surface area contributed by atoms with Gasteiger partial charge in [0.05, 0.1) is 6.04 Å². The molecule has 2 amide bonds. The number of anilines is 1. The Hall–Kier alpha value is -2.62. The van der Waals surface area contributed by atoms with Crippen LogP contribution in [-0.2, 0) is 4.79 Å². The molecule has 0 aromatic heterocycles. The van der Waals surface area contributed by atoms with Crippen molar-refractivity contribution in [2.75, 3.05) is 5.32 Å². The number of carbonyl (C=O) groups excluding carboxylic acids is 2. The smallest absolute Gasteiger partial charge is 0.251 e. The van der Waals surface area contributed by atoms with Gasteiger partial charge in [0.15, 0.2) is 0 Å². The summed E-state index contributed by atoms with van der Waals surface area (Å²) >= 11 is 0. The molecule has 0 radical (unpaired) electrons. The van der Waals surface area contributed by atoms with Crippen molar-refractivity contribution >= 4 is 17.5 Å². The van der Waals surface area contributed by atoms with Crippen LogP contribution in [0.15, 0.2) is 54.6 Å². The highest BCUT2D eigenvalue weighted by Gasteiger charge is 2.11. The lowest BCUT2D eigenvalue weighted by molar-refractivity contribution is -0.114. The molecule has 0 aliphatic heterocycles. The van der Waals surface area contributed by atoms with Gasteiger partial charge < -0.3 is 10.6 Å². The van der Waals surface area contributed by atoms with Crippen LogP contribution >= 0.6 is 0 Å². The van der Waals surface area contributed by atoms with Crippen molar-refractivity contribution in [3.8, 4) is 0 Å². The van der Waals surface area contributed by atoms with E-state index in [0.29, 0.717) is 11.3 Å². The molecule has 2 N–H and O–H groups in total. The summed E-state index contributed by atoms with van der Waals surface area (Å²) in [7, 11) is 0. The number of amides is 2. The topological polar surface area (TPSA) is 58.2 Å². The molecule has 4 nitrogen and oxygen atoms in total. The van der Waals surface area contributed by atoms with Crippen molar-refractivity contribution in [2.45, 2.75) is 19.9 Å². The van der Waals surface area contributed by atoms with Gasteiger partial charge >= 0.3 is 0 Å². The van der Waals surface area contributed by atoms with Gasteiger partial charge in [-0.3, -0.25) is 9.59 Å². The molecule has 2 aromatic carbocycles. The number of hydrogen-bond donors (Lipinski definition) is 2. The Morgan fingerprint density at radius 3 is 2.38 bits per heavy atom. The zero-order valence-corrected chi connectivity index (χ0v) is 12.1. The van der Waals surface area contributed by atoms with Crippen LogP contribution in [0.4, 0.5) is 5.69 Å². The van der Waals surface area contributed by atoms with Crippen LogP contribution in [0.5, 0.6) is 0 Å². The minimum absolute atomic E-state index is 0.0804. The largest absolute Gasteiger partial charge is 0.346 e. The minimum atomic E-state index is -0.168. The third-order valence-electron chi connectivity index (χ3n) is 3.09. The Morgan fingerprint density at radius 1 is 1.00 bits per heavy atom. The lowest BCUT2D eigenvalue weighted by atomic mass is 10.1. The maximum atomic E-state index is 12.2. The van der Waals surface area contributed by atoms with E-state index in [0.717, 1.165) is 5.56 Å². The Labute approximate surface area is 124 Å². The molecule has 0 spiro atoms. The van der Waals surface area contributed by atoms with Crippen molar-refractivity contribution in [2.24, 2.45) is 0 Å². The average Bonchev–Trinajstić information content (AvgIpc) is 2.47. The summed E-state index contributed by atoms with van der Waals surface area (Å²) in [6.45, 7) is 3.37. The predicted octanol–water partition coefficient (Wildman–Crippen LogP) is 3.14. The Bertz CT molecular complexity index is 638. The maximum Gasteiger partial charge on any atom is 0.251 e. The van der Waals surface area contributed by atoms with Crippen LogP contribution in [0.25, 0.3) is 0 Å². The molecule has 0 heterocycles. The summed E-state index contributed by atoms with van der Waals surface area (Å²) in [5.41, 5.74) is 2.18. The summed E-state index contributed by atoms with van der Waals surface area (Å²) in [6.07, 6.45) is 0. The fourth-order valence-corrected chi connectivity index (χ4v) is 2.05. The van der Waals surface area contributed by atoms with E-state index in [2.05, 4.69) is 10.6 Å². The van der Waals surface area contributed by atoms with E-state index in [1.165, 1.54) is 6.92 Å². The standard InChI is InChI=1S/C17H18N2O2/c1-12(14-7-4-3-5-8-14)18-17(21)15-9-6-10-16(11-15)19-13(2)20/h3-12H,1-2H3,(H,18,21)(H,19,20)/t12-/m0/s1. The highest BCUT2D eigenvalue weighted by atomic mass is 16.2. The lowest BCUT2D eigenvalue weighted by Crippen LogP contribution is -2.26. The first-order valence-electron chi connectivity index (χ1n) is 6.79. The highest BCUT2D eigenvalue weighted by Crippen LogP contribution is 2.14. The van der Waals surface area contributed by atoms with Crippen LogP contribution in [0.2, 0.25) is 0 Å². The number of benzene rings is 2. The molecule has 0 saturated heterocycles. The molecular formula is C17H18N2O2. The maximum absolute atomic E-state index is 12.2. The average molecular weight is 282 g/mol. The third kappa shape index (κ3) is 4.18. The molecule has 1 atom stereocenters. The van der Waals surface area contributed by atoms with Gasteiger partial charge in [-0.15, -0.1) is 0 Å². The van der Waals surface area contributed by atoms with E-state index in [-0.39, 0.29) is 17.9 Å². The van der Waals surface area contributed by atoms with Gasteiger partial charge in [0.25, 0.3) is 5.91 Å². The predicted molar refractivity (Wildman–Crippen MR) is 83.1 cm³/mol. The van der Waals surface area contributed by atoms with Crippen LogP contribution < -0.4 is 10.6 Å². The van der Waals surface area contributed by atoms with Crippen molar-refractivity contribution < 1.29 is 9.59 Å². The van der Waals surface area contributed by atoms with Crippen LogP contribution in [-0.4, -0.2) is 11.8 Å². The lowest BCUT2D eigenvalue weighted by Gasteiger charge is -2.14. The minimum Gasteiger partial charge on any atom is -0.346 e. The van der Waals surface area contributed by atoms with Gasteiger partial charge in [-0.2, -0.15) is 0 Å². The normalized spacial score (nSPS) is 11.5. The first-order chi connectivity index (χ1) is 10.1. The molecule has 0 fully saturated rings. The summed E-state index contributed by atoms with van der Waals surface area (Å²) < 4.78 is 0. The molecule has 21 heavy (non-hydrogen) atoms. The van der Waals surface area contributed by atoms with Crippen LogP contribution in [0.3, 0.4) is 0 Å². The highest BCUT2D eigenvalue weighted by molar-refractivity contribution is 5.96. The van der Waals surface area contributed by atoms with Gasteiger partial charge in [0.1, 0.15) is 0 Å². The molecule has 0 saturated carbocycles. The molecule has 0 unspecified atom stereocenters. The summed E-state index contributed by atoms with van der Waals surface area (Å²) in [5.74, 6) is -0.330. The van der Waals surface area contributed by atoms with Gasteiger partial charge in [0.2, 0.25) is 5.91 Å². The Balaban J connectivity index is 2.08. The van der Waals surface area contributed by atoms with Gasteiger partial charge in [-0.05, 0) is 30.7 Å². The zero-order chi connectivity index (χ0) is 15.2. The second-order valence-corrected chi connectivity index (χ2v) is 4.87. The van der Waals surface area contributed by atoms with Crippen molar-refractivity contribution in [3.05, 3.63) is 65.7 Å². The summed E-state index contributed by atoms with van der Waals surface area (Å²) in [5, 5.41) is 5.61. The summed E-state index contributed by atoms with van der Waals surface area (Å²) in [4.78, 5) is 23.3. The quantitative estimate of drug-likeness (QED) is 0.905. The fourth-order valence-electron chi connectivity index (χ4n) is 2.05. The van der Waals surface area contributed by atoms with Gasteiger partial charge in [-0.25, -0.2) is 0 Å². The first kappa shape index (κ1) is 14.8. The van der Waals surface area contributed by atoms with Crippen LogP contribution in [0.1, 0.15) is 35.8 Å². The van der Waals surface area contributed by atoms with E-state index in [1.54, 1.807) is 24.3 Å². The molecular weight excluding hydrogens is 264 g/mol. The van der Waals surface area contributed by atoms with E-state index in [4.69, 9.17) is 0 Å². The number of hydrogen-bond acceptors (Lipinski definition) is 2. The molecule has 0 bridgehead atoms. The Morgan fingerprint density at radius 2 is 1.71 bits per heavy atom. The van der Waals surface area contributed by atoms with Gasteiger partial charge in [-0.1, -0.05) is 36.4 Å². The van der Waals surface area contributed by atoms with E-state index < -0.39 is 0 Å². The monoisotopic (exact) mass is 282 g/mol. The fraction of sp³-hybridized carbons (Fsp3) is 0.176. The van der Waals surface area contributed by atoms with Crippen molar-refractivity contribution in [1.29, 1.82) is 0 Å². The van der Waals surface area contributed by atoms with Gasteiger partial charge in [0, 0.05) is 18.2 Å². The zero-order valence-electron chi connectivity index (χ0n) is 12.1. The SMILES string of the molecule is CC(=O)Nc1cccc(C(=O)N[C@@H](C)c2ccccc2)c1. The first-order valence-corrected chi connectivity index (χ1v) is 6.79. The molecule has 2 rings (SSSR count). The van der Waals surface area contributed by atoms with Crippen LogP contribution in [0, 0.1) is 0 Å². The second-order valence-electron chi connectivity index (χ2n) is 4.87. The van der Waals surface area contributed by atoms with E-state index >= 15 is 0 Å². The van der Waals surface area contributed by atoms with Crippen molar-refractivity contribution in [1.82, 2.24) is 5.32 Å².